The van der Waals surface area contributed by atoms with E-state index in [4.69, 9.17) is 0 Å². The summed E-state index contributed by atoms with van der Waals surface area (Å²) < 4.78 is 36.2. The van der Waals surface area contributed by atoms with Crippen molar-refractivity contribution in [3.8, 4) is 0 Å². The number of carbonyl (C=O) groups is 1. The number of hydrogen-bond acceptors (Lipinski definition) is 4. The highest BCUT2D eigenvalue weighted by Gasteiger charge is 2.33. The minimum atomic E-state index is -3.05. The lowest BCUT2D eigenvalue weighted by molar-refractivity contribution is 0.0747. The summed E-state index contributed by atoms with van der Waals surface area (Å²) >= 11 is 0. The maximum Gasteiger partial charge on any atom is 0.253 e. The Labute approximate surface area is 146 Å². The highest BCUT2D eigenvalue weighted by molar-refractivity contribution is 7.91. The summed E-state index contributed by atoms with van der Waals surface area (Å²) in [5, 5.41) is 0. The predicted molar refractivity (Wildman–Crippen MR) is 92.6 cm³/mol. The van der Waals surface area contributed by atoms with Gasteiger partial charge in [-0.25, -0.2) is 12.8 Å². The molecule has 7 heteroatoms. The lowest BCUT2D eigenvalue weighted by Gasteiger charge is -2.23. The maximum atomic E-state index is 13.0. The van der Waals surface area contributed by atoms with Crippen molar-refractivity contribution in [1.82, 2.24) is 9.88 Å². The average Bonchev–Trinajstić information content (AvgIpc) is 2.96. The third kappa shape index (κ3) is 4.22. The molecule has 132 valence electrons. The van der Waals surface area contributed by atoms with Crippen LogP contribution in [0.3, 0.4) is 0 Å². The molecule has 1 aliphatic rings. The van der Waals surface area contributed by atoms with Crippen molar-refractivity contribution in [2.24, 2.45) is 0 Å². The number of sulfone groups is 1. The Morgan fingerprint density at radius 1 is 1.28 bits per heavy atom. The van der Waals surface area contributed by atoms with Crippen LogP contribution in [-0.2, 0) is 16.3 Å². The van der Waals surface area contributed by atoms with Crippen molar-refractivity contribution in [3.05, 3.63) is 65.2 Å². The van der Waals surface area contributed by atoms with E-state index in [1.807, 2.05) is 0 Å². The number of benzene rings is 1. The van der Waals surface area contributed by atoms with E-state index >= 15 is 0 Å². The molecular weight excluding hydrogens is 343 g/mol. The first-order valence-electron chi connectivity index (χ1n) is 8.01. The number of nitrogens with zero attached hydrogens (tertiary/aromatic N) is 2. The largest absolute Gasteiger partial charge is 0.338 e. The monoisotopic (exact) mass is 362 g/mol. The van der Waals surface area contributed by atoms with Gasteiger partial charge in [-0.3, -0.25) is 9.78 Å². The Hall–Kier alpha value is -2.28. The zero-order valence-electron chi connectivity index (χ0n) is 13.9. The fourth-order valence-electron chi connectivity index (χ4n) is 2.97. The molecule has 1 amide bonds. The normalized spacial score (nSPS) is 18.9. The van der Waals surface area contributed by atoms with Gasteiger partial charge >= 0.3 is 0 Å². The second-order valence-corrected chi connectivity index (χ2v) is 8.54. The van der Waals surface area contributed by atoms with Crippen LogP contribution in [-0.4, -0.2) is 48.8 Å². The number of hydrogen-bond donors (Lipinski definition) is 0. The summed E-state index contributed by atoms with van der Waals surface area (Å²) in [6.07, 6.45) is 2.52. The van der Waals surface area contributed by atoms with Gasteiger partial charge in [0, 0.05) is 37.0 Å². The molecule has 0 bridgehead atoms. The number of halogens is 1. The molecule has 25 heavy (non-hydrogen) atoms. The van der Waals surface area contributed by atoms with Crippen LogP contribution in [0.15, 0.2) is 42.6 Å². The summed E-state index contributed by atoms with van der Waals surface area (Å²) in [5.74, 6) is -0.372. The zero-order valence-corrected chi connectivity index (χ0v) is 14.7. The summed E-state index contributed by atoms with van der Waals surface area (Å²) in [4.78, 5) is 18.4. The van der Waals surface area contributed by atoms with Crippen molar-refractivity contribution in [3.63, 3.8) is 0 Å². The molecule has 1 atom stereocenters. The molecule has 0 N–H and O–H groups in total. The van der Waals surface area contributed by atoms with Gasteiger partial charge in [-0.15, -0.1) is 0 Å². The zero-order chi connectivity index (χ0) is 18.0. The van der Waals surface area contributed by atoms with E-state index in [2.05, 4.69) is 4.98 Å². The van der Waals surface area contributed by atoms with E-state index in [1.165, 1.54) is 17.0 Å². The van der Waals surface area contributed by atoms with E-state index in [9.17, 15) is 17.6 Å². The van der Waals surface area contributed by atoms with Crippen LogP contribution in [0.1, 0.15) is 28.0 Å². The van der Waals surface area contributed by atoms with Crippen molar-refractivity contribution < 1.29 is 17.6 Å². The third-order valence-electron chi connectivity index (χ3n) is 4.44. The van der Waals surface area contributed by atoms with Gasteiger partial charge in [0.2, 0.25) is 0 Å². The number of carbonyl (C=O) groups excluding carboxylic acids is 1. The molecule has 1 saturated heterocycles. The van der Waals surface area contributed by atoms with Crippen LogP contribution >= 0.6 is 0 Å². The van der Waals surface area contributed by atoms with Crippen LogP contribution < -0.4 is 0 Å². The van der Waals surface area contributed by atoms with Gasteiger partial charge in [0.15, 0.2) is 9.84 Å². The van der Waals surface area contributed by atoms with Gasteiger partial charge in [0.05, 0.1) is 11.5 Å². The Kier molecular flexibility index (Phi) is 4.85. The maximum absolute atomic E-state index is 13.0. The van der Waals surface area contributed by atoms with Gasteiger partial charge < -0.3 is 4.90 Å². The lowest BCUT2D eigenvalue weighted by atomic mass is 10.1. The van der Waals surface area contributed by atoms with Crippen molar-refractivity contribution in [1.29, 1.82) is 0 Å². The van der Waals surface area contributed by atoms with Gasteiger partial charge in [-0.05, 0) is 36.2 Å². The quantitative estimate of drug-likeness (QED) is 0.835. The van der Waals surface area contributed by atoms with Gasteiger partial charge in [0.25, 0.3) is 5.91 Å². The Balaban J connectivity index is 1.74. The summed E-state index contributed by atoms with van der Waals surface area (Å²) in [6, 6.07) is 9.17. The molecule has 2 heterocycles. The molecule has 1 aromatic carbocycles. The van der Waals surface area contributed by atoms with Gasteiger partial charge in [0.1, 0.15) is 5.82 Å². The third-order valence-corrected chi connectivity index (χ3v) is 6.19. The highest BCUT2D eigenvalue weighted by Crippen LogP contribution is 2.19. The SMILES string of the molecule is CN(C(=O)c1ccnc(Cc2ccc(F)cc2)c1)C1CCS(=O)(=O)C1. The van der Waals surface area contributed by atoms with Crippen LogP contribution in [0.25, 0.3) is 0 Å². The molecule has 0 radical (unpaired) electrons. The highest BCUT2D eigenvalue weighted by atomic mass is 32.2. The first kappa shape index (κ1) is 17.5. The molecule has 0 spiro atoms. The van der Waals surface area contributed by atoms with E-state index in [-0.39, 0.29) is 29.3 Å². The topological polar surface area (TPSA) is 67.3 Å². The van der Waals surface area contributed by atoms with Gasteiger partial charge in [-0.2, -0.15) is 0 Å². The van der Waals surface area contributed by atoms with Crippen LogP contribution in [0.4, 0.5) is 4.39 Å². The molecule has 1 aliphatic heterocycles. The van der Waals surface area contributed by atoms with Gasteiger partial charge in [-0.1, -0.05) is 12.1 Å². The Bertz CT molecular complexity index is 881. The van der Waals surface area contributed by atoms with E-state index in [0.29, 0.717) is 24.1 Å². The smallest absolute Gasteiger partial charge is 0.253 e. The van der Waals surface area contributed by atoms with E-state index in [0.717, 1.165) is 5.56 Å². The van der Waals surface area contributed by atoms with Crippen molar-refractivity contribution in [2.45, 2.75) is 18.9 Å². The molecule has 0 saturated carbocycles. The number of pyridine rings is 1. The Morgan fingerprint density at radius 2 is 2.00 bits per heavy atom. The first-order valence-corrected chi connectivity index (χ1v) is 9.83. The molecule has 0 aliphatic carbocycles. The fraction of sp³-hybridized carbons (Fsp3) is 0.333. The summed E-state index contributed by atoms with van der Waals surface area (Å²) in [7, 11) is -1.41. The molecule has 1 fully saturated rings. The molecular formula is C18H19FN2O3S. The fourth-order valence-corrected chi connectivity index (χ4v) is 4.74. The molecule has 1 unspecified atom stereocenters. The number of rotatable bonds is 4. The minimum Gasteiger partial charge on any atom is -0.338 e. The van der Waals surface area contributed by atoms with Crippen molar-refractivity contribution in [2.75, 3.05) is 18.6 Å². The number of aromatic nitrogens is 1. The average molecular weight is 362 g/mol. The predicted octanol–water partition coefficient (Wildman–Crippen LogP) is 2.07. The van der Waals surface area contributed by atoms with Crippen molar-refractivity contribution >= 4 is 15.7 Å². The standard InChI is InChI=1S/C18H19FN2O3S/c1-21(17-7-9-25(23,24)12-17)18(22)14-6-8-20-16(11-14)10-13-2-4-15(19)5-3-13/h2-6,8,11,17H,7,9-10,12H2,1H3. The van der Waals surface area contributed by atoms with E-state index < -0.39 is 9.84 Å². The minimum absolute atomic E-state index is 0.0166. The van der Waals surface area contributed by atoms with E-state index in [1.54, 1.807) is 37.5 Å². The molecule has 5 nitrogen and oxygen atoms in total. The second-order valence-electron chi connectivity index (χ2n) is 6.31. The summed E-state index contributed by atoms with van der Waals surface area (Å²) in [5.41, 5.74) is 2.07. The van der Waals surface area contributed by atoms with Crippen LogP contribution in [0.5, 0.6) is 0 Å². The lowest BCUT2D eigenvalue weighted by Crippen LogP contribution is -2.37. The van der Waals surface area contributed by atoms with Crippen LogP contribution in [0, 0.1) is 5.82 Å². The molecule has 1 aromatic heterocycles. The molecule has 2 aromatic rings. The Morgan fingerprint density at radius 3 is 2.64 bits per heavy atom. The summed E-state index contributed by atoms with van der Waals surface area (Å²) in [6.45, 7) is 0. The molecule has 3 rings (SSSR count). The van der Waals surface area contributed by atoms with Crippen LogP contribution in [0.2, 0.25) is 0 Å². The number of amides is 1. The second kappa shape index (κ2) is 6.92. The first-order chi connectivity index (χ1) is 11.8.